The van der Waals surface area contributed by atoms with Crippen LogP contribution in [-0.2, 0) is 4.74 Å². The molecule has 0 aliphatic carbocycles. The minimum atomic E-state index is -0.222. The molecule has 0 radical (unpaired) electrons. The number of rotatable bonds is 2. The second-order valence-corrected chi connectivity index (χ2v) is 4.55. The third kappa shape index (κ3) is 2.09. The van der Waals surface area contributed by atoms with Crippen LogP contribution in [0, 0.1) is 0 Å². The van der Waals surface area contributed by atoms with Crippen LogP contribution in [0.4, 0.5) is 0 Å². The average Bonchev–Trinajstić information content (AvgIpc) is 2.91. The Morgan fingerprint density at radius 3 is 2.83 bits per heavy atom. The van der Waals surface area contributed by atoms with Crippen LogP contribution in [0.25, 0.3) is 10.8 Å². The number of carbonyl (C=O) groups excluding carboxylic acids is 1. The SMILES string of the molecule is O=C(OC1CCNC1)c1cccc2ccccc12. The minimum Gasteiger partial charge on any atom is -0.457 e. The molecule has 0 aromatic heterocycles. The third-order valence-electron chi connectivity index (χ3n) is 3.30. The van der Waals surface area contributed by atoms with Gasteiger partial charge in [0.2, 0.25) is 0 Å². The van der Waals surface area contributed by atoms with E-state index in [-0.39, 0.29) is 12.1 Å². The molecule has 1 saturated heterocycles. The highest BCUT2D eigenvalue weighted by molar-refractivity contribution is 6.04. The van der Waals surface area contributed by atoms with Gasteiger partial charge in [0.25, 0.3) is 0 Å². The predicted octanol–water partition coefficient (Wildman–Crippen LogP) is 2.36. The first-order valence-electron chi connectivity index (χ1n) is 6.24. The van der Waals surface area contributed by atoms with E-state index in [2.05, 4.69) is 5.32 Å². The van der Waals surface area contributed by atoms with Crippen LogP contribution in [0.2, 0.25) is 0 Å². The van der Waals surface area contributed by atoms with E-state index in [9.17, 15) is 4.79 Å². The van der Waals surface area contributed by atoms with Crippen molar-refractivity contribution in [1.29, 1.82) is 0 Å². The Kier molecular flexibility index (Phi) is 2.99. The van der Waals surface area contributed by atoms with Gasteiger partial charge in [0.15, 0.2) is 0 Å². The maximum absolute atomic E-state index is 12.2. The molecule has 1 aliphatic heterocycles. The van der Waals surface area contributed by atoms with Crippen molar-refractivity contribution in [1.82, 2.24) is 5.32 Å². The molecule has 1 fully saturated rings. The lowest BCUT2D eigenvalue weighted by Gasteiger charge is -2.12. The molecule has 0 saturated carbocycles. The van der Waals surface area contributed by atoms with E-state index in [4.69, 9.17) is 4.74 Å². The van der Waals surface area contributed by atoms with E-state index in [1.165, 1.54) is 0 Å². The molecular weight excluding hydrogens is 226 g/mol. The fourth-order valence-electron chi connectivity index (χ4n) is 2.35. The molecule has 92 valence electrons. The van der Waals surface area contributed by atoms with E-state index in [0.717, 1.165) is 30.3 Å². The standard InChI is InChI=1S/C15H15NO2/c17-15(18-12-8-9-16-10-12)14-7-3-5-11-4-1-2-6-13(11)14/h1-7,12,16H,8-10H2. The number of nitrogens with one attached hydrogen (secondary N) is 1. The second kappa shape index (κ2) is 4.78. The summed E-state index contributed by atoms with van der Waals surface area (Å²) in [5.41, 5.74) is 0.653. The van der Waals surface area contributed by atoms with Crippen LogP contribution in [-0.4, -0.2) is 25.2 Å². The van der Waals surface area contributed by atoms with Crippen LogP contribution in [0.1, 0.15) is 16.8 Å². The summed E-state index contributed by atoms with van der Waals surface area (Å²) in [5, 5.41) is 5.21. The highest BCUT2D eigenvalue weighted by Crippen LogP contribution is 2.20. The van der Waals surface area contributed by atoms with E-state index in [1.54, 1.807) is 0 Å². The molecule has 0 amide bonds. The van der Waals surface area contributed by atoms with Crippen molar-refractivity contribution >= 4 is 16.7 Å². The summed E-state index contributed by atoms with van der Waals surface area (Å²) in [6.45, 7) is 1.68. The highest BCUT2D eigenvalue weighted by Gasteiger charge is 2.20. The maximum atomic E-state index is 12.2. The Hall–Kier alpha value is -1.87. The van der Waals surface area contributed by atoms with Crippen molar-refractivity contribution in [3.63, 3.8) is 0 Å². The van der Waals surface area contributed by atoms with Crippen molar-refractivity contribution in [3.8, 4) is 0 Å². The van der Waals surface area contributed by atoms with Crippen molar-refractivity contribution < 1.29 is 9.53 Å². The van der Waals surface area contributed by atoms with Gasteiger partial charge in [0, 0.05) is 6.54 Å². The molecule has 2 aromatic carbocycles. The van der Waals surface area contributed by atoms with Gasteiger partial charge in [-0.1, -0.05) is 36.4 Å². The van der Waals surface area contributed by atoms with Crippen LogP contribution >= 0.6 is 0 Å². The molecule has 1 N–H and O–H groups in total. The number of hydrogen-bond acceptors (Lipinski definition) is 3. The lowest BCUT2D eigenvalue weighted by molar-refractivity contribution is 0.0347. The summed E-state index contributed by atoms with van der Waals surface area (Å²) in [6, 6.07) is 13.6. The zero-order chi connectivity index (χ0) is 12.4. The Bertz CT molecular complexity index is 568. The first kappa shape index (κ1) is 11.2. The quantitative estimate of drug-likeness (QED) is 0.820. The van der Waals surface area contributed by atoms with Crippen molar-refractivity contribution in [2.75, 3.05) is 13.1 Å². The van der Waals surface area contributed by atoms with Crippen LogP contribution in [0.3, 0.4) is 0 Å². The highest BCUT2D eigenvalue weighted by atomic mass is 16.5. The molecule has 1 unspecified atom stereocenters. The summed E-state index contributed by atoms with van der Waals surface area (Å²) in [7, 11) is 0. The molecule has 18 heavy (non-hydrogen) atoms. The van der Waals surface area contributed by atoms with Gasteiger partial charge in [-0.05, 0) is 29.8 Å². The van der Waals surface area contributed by atoms with Crippen LogP contribution in [0.15, 0.2) is 42.5 Å². The lowest BCUT2D eigenvalue weighted by Crippen LogP contribution is -2.20. The Balaban J connectivity index is 1.91. The normalized spacial score (nSPS) is 19.0. The fraction of sp³-hybridized carbons (Fsp3) is 0.267. The van der Waals surface area contributed by atoms with Crippen LogP contribution < -0.4 is 5.32 Å². The summed E-state index contributed by atoms with van der Waals surface area (Å²) in [6.07, 6.45) is 0.910. The summed E-state index contributed by atoms with van der Waals surface area (Å²) in [5.74, 6) is -0.222. The second-order valence-electron chi connectivity index (χ2n) is 4.55. The average molecular weight is 241 g/mol. The Morgan fingerprint density at radius 1 is 1.17 bits per heavy atom. The topological polar surface area (TPSA) is 38.3 Å². The summed E-state index contributed by atoms with van der Waals surface area (Å²) in [4.78, 5) is 12.2. The number of hydrogen-bond donors (Lipinski definition) is 1. The molecule has 1 heterocycles. The van der Waals surface area contributed by atoms with Gasteiger partial charge in [-0.15, -0.1) is 0 Å². The molecule has 3 nitrogen and oxygen atoms in total. The van der Waals surface area contributed by atoms with E-state index in [0.29, 0.717) is 5.56 Å². The molecular formula is C15H15NO2. The van der Waals surface area contributed by atoms with Gasteiger partial charge < -0.3 is 10.1 Å². The Morgan fingerprint density at radius 2 is 2.00 bits per heavy atom. The van der Waals surface area contributed by atoms with E-state index in [1.807, 2.05) is 42.5 Å². The molecule has 1 atom stereocenters. The summed E-state index contributed by atoms with van der Waals surface area (Å²) >= 11 is 0. The third-order valence-corrected chi connectivity index (χ3v) is 3.30. The minimum absolute atomic E-state index is 0.0106. The zero-order valence-corrected chi connectivity index (χ0v) is 10.1. The van der Waals surface area contributed by atoms with Gasteiger partial charge in [0.1, 0.15) is 6.10 Å². The van der Waals surface area contributed by atoms with Gasteiger partial charge in [-0.3, -0.25) is 0 Å². The largest absolute Gasteiger partial charge is 0.457 e. The molecule has 2 aromatic rings. The zero-order valence-electron chi connectivity index (χ0n) is 10.1. The number of carbonyl (C=O) groups is 1. The predicted molar refractivity (Wildman–Crippen MR) is 70.6 cm³/mol. The molecule has 1 aliphatic rings. The van der Waals surface area contributed by atoms with Gasteiger partial charge in [-0.25, -0.2) is 4.79 Å². The fourth-order valence-corrected chi connectivity index (χ4v) is 2.35. The van der Waals surface area contributed by atoms with Crippen molar-refractivity contribution in [2.24, 2.45) is 0 Å². The van der Waals surface area contributed by atoms with Crippen LogP contribution in [0.5, 0.6) is 0 Å². The lowest BCUT2D eigenvalue weighted by atomic mass is 10.0. The number of benzene rings is 2. The Labute approximate surface area is 106 Å². The van der Waals surface area contributed by atoms with Gasteiger partial charge in [0.05, 0.1) is 5.56 Å². The van der Waals surface area contributed by atoms with Crippen molar-refractivity contribution in [3.05, 3.63) is 48.0 Å². The maximum Gasteiger partial charge on any atom is 0.339 e. The summed E-state index contributed by atoms with van der Waals surface area (Å²) < 4.78 is 5.50. The van der Waals surface area contributed by atoms with Gasteiger partial charge >= 0.3 is 5.97 Å². The molecule has 3 heteroatoms. The number of fused-ring (bicyclic) bond motifs is 1. The number of esters is 1. The van der Waals surface area contributed by atoms with Crippen molar-refractivity contribution in [2.45, 2.75) is 12.5 Å². The monoisotopic (exact) mass is 241 g/mol. The number of ether oxygens (including phenoxy) is 1. The molecule has 0 bridgehead atoms. The smallest absolute Gasteiger partial charge is 0.339 e. The molecule has 3 rings (SSSR count). The first-order chi connectivity index (χ1) is 8.84. The first-order valence-corrected chi connectivity index (χ1v) is 6.24. The molecule has 0 spiro atoms. The van der Waals surface area contributed by atoms with E-state index < -0.39 is 0 Å². The van der Waals surface area contributed by atoms with Gasteiger partial charge in [-0.2, -0.15) is 0 Å². The van der Waals surface area contributed by atoms with E-state index >= 15 is 0 Å².